The van der Waals surface area contributed by atoms with Crippen molar-refractivity contribution in [2.45, 2.75) is 32.1 Å². The van der Waals surface area contributed by atoms with E-state index in [1.54, 1.807) is 17.4 Å². The molecular formula is C21H23FN2O3S. The van der Waals surface area contributed by atoms with Crippen LogP contribution in [0, 0.1) is 11.7 Å². The second-order valence-corrected chi connectivity index (χ2v) is 8.47. The summed E-state index contributed by atoms with van der Waals surface area (Å²) in [5.41, 5.74) is 1.52. The van der Waals surface area contributed by atoms with Gasteiger partial charge in [-0.3, -0.25) is 9.59 Å². The number of fused-ring (bicyclic) bond motifs is 1. The van der Waals surface area contributed by atoms with E-state index >= 15 is 0 Å². The lowest BCUT2D eigenvalue weighted by Gasteiger charge is -2.21. The van der Waals surface area contributed by atoms with Crippen molar-refractivity contribution >= 4 is 28.8 Å². The molecule has 2 aromatic rings. The predicted molar refractivity (Wildman–Crippen MR) is 107 cm³/mol. The van der Waals surface area contributed by atoms with E-state index < -0.39 is 5.82 Å². The number of carbonyl (C=O) groups excluding carboxylic acids is 2. The molecule has 1 saturated heterocycles. The van der Waals surface area contributed by atoms with Crippen molar-refractivity contribution in [3.8, 4) is 5.75 Å². The number of benzene rings is 1. The van der Waals surface area contributed by atoms with Crippen LogP contribution in [0.2, 0.25) is 0 Å². The first-order valence-electron chi connectivity index (χ1n) is 9.60. The Morgan fingerprint density at radius 1 is 1.25 bits per heavy atom. The molecule has 2 heterocycles. The number of nitrogens with one attached hydrogen (secondary N) is 1. The molecule has 0 radical (unpaired) electrons. The molecule has 0 bridgehead atoms. The lowest BCUT2D eigenvalue weighted by molar-refractivity contribution is -0.120. The van der Waals surface area contributed by atoms with Crippen LogP contribution >= 0.6 is 11.3 Å². The minimum Gasteiger partial charge on any atom is -0.494 e. The third-order valence-corrected chi connectivity index (χ3v) is 6.70. The Balaban J connectivity index is 1.42. The van der Waals surface area contributed by atoms with E-state index in [9.17, 15) is 14.0 Å². The molecule has 1 fully saturated rings. The van der Waals surface area contributed by atoms with E-state index in [0.29, 0.717) is 12.1 Å². The molecule has 1 aliphatic carbocycles. The fourth-order valence-corrected chi connectivity index (χ4v) is 5.09. The number of nitrogens with zero attached hydrogens (tertiary/aromatic N) is 1. The van der Waals surface area contributed by atoms with Gasteiger partial charge in [-0.25, -0.2) is 4.39 Å². The van der Waals surface area contributed by atoms with Crippen molar-refractivity contribution in [3.05, 3.63) is 45.4 Å². The molecule has 5 nitrogen and oxygen atoms in total. The van der Waals surface area contributed by atoms with Gasteiger partial charge in [0.25, 0.3) is 5.91 Å². The molecule has 0 spiro atoms. The number of ether oxygens (including phenoxy) is 1. The zero-order valence-corrected chi connectivity index (χ0v) is 16.6. The SMILES string of the molecule is COc1ccc(NC(=O)[C@H]2CCc3sc(C(=O)N4CCCC4)cc3C2)cc1F. The molecule has 0 saturated carbocycles. The minimum atomic E-state index is -0.505. The fourth-order valence-electron chi connectivity index (χ4n) is 3.92. The van der Waals surface area contributed by atoms with Crippen LogP contribution in [0.5, 0.6) is 5.75 Å². The van der Waals surface area contributed by atoms with Crippen LogP contribution in [-0.2, 0) is 17.6 Å². The molecule has 1 atom stereocenters. The largest absolute Gasteiger partial charge is 0.494 e. The number of halogens is 1. The average molecular weight is 402 g/mol. The van der Waals surface area contributed by atoms with Crippen molar-refractivity contribution in [1.29, 1.82) is 0 Å². The second kappa shape index (κ2) is 7.91. The highest BCUT2D eigenvalue weighted by atomic mass is 32.1. The highest BCUT2D eigenvalue weighted by molar-refractivity contribution is 7.14. The van der Waals surface area contributed by atoms with E-state index in [2.05, 4.69) is 5.32 Å². The van der Waals surface area contributed by atoms with Crippen LogP contribution in [0.15, 0.2) is 24.3 Å². The van der Waals surface area contributed by atoms with Crippen LogP contribution in [0.25, 0.3) is 0 Å². The first kappa shape index (κ1) is 18.9. The maximum Gasteiger partial charge on any atom is 0.263 e. The molecule has 28 heavy (non-hydrogen) atoms. The van der Waals surface area contributed by atoms with Crippen LogP contribution in [0.1, 0.15) is 39.4 Å². The molecule has 2 amide bonds. The summed E-state index contributed by atoms with van der Waals surface area (Å²) < 4.78 is 18.7. The summed E-state index contributed by atoms with van der Waals surface area (Å²) in [7, 11) is 1.40. The van der Waals surface area contributed by atoms with Gasteiger partial charge >= 0.3 is 0 Å². The molecular weight excluding hydrogens is 379 g/mol. The molecule has 1 aromatic carbocycles. The lowest BCUT2D eigenvalue weighted by atomic mass is 9.87. The number of rotatable bonds is 4. The fraction of sp³-hybridized carbons (Fsp3) is 0.429. The predicted octanol–water partition coefficient (Wildman–Crippen LogP) is 3.88. The summed E-state index contributed by atoms with van der Waals surface area (Å²) in [6.45, 7) is 1.68. The van der Waals surface area contributed by atoms with Crippen molar-refractivity contribution < 1.29 is 18.7 Å². The van der Waals surface area contributed by atoms with Gasteiger partial charge in [0.15, 0.2) is 11.6 Å². The third-order valence-electron chi connectivity index (χ3n) is 5.48. The summed E-state index contributed by atoms with van der Waals surface area (Å²) in [6, 6.07) is 6.36. The van der Waals surface area contributed by atoms with E-state index in [0.717, 1.165) is 49.2 Å². The number of likely N-dealkylation sites (tertiary alicyclic amines) is 1. The van der Waals surface area contributed by atoms with E-state index in [-0.39, 0.29) is 23.5 Å². The summed E-state index contributed by atoms with van der Waals surface area (Å²) in [5.74, 6) is -0.537. The van der Waals surface area contributed by atoms with Gasteiger partial charge in [-0.1, -0.05) is 0 Å². The highest BCUT2D eigenvalue weighted by Gasteiger charge is 2.29. The highest BCUT2D eigenvalue weighted by Crippen LogP contribution is 2.34. The molecule has 148 valence electrons. The average Bonchev–Trinajstić information content (AvgIpc) is 3.36. The number of aryl methyl sites for hydroxylation is 1. The normalized spacial score (nSPS) is 18.6. The van der Waals surface area contributed by atoms with Gasteiger partial charge in [-0.15, -0.1) is 11.3 Å². The molecule has 1 aromatic heterocycles. The van der Waals surface area contributed by atoms with Crippen molar-refractivity contribution in [2.75, 3.05) is 25.5 Å². The van der Waals surface area contributed by atoms with Gasteiger partial charge in [0.1, 0.15) is 0 Å². The van der Waals surface area contributed by atoms with Gasteiger partial charge in [0, 0.05) is 35.6 Å². The molecule has 1 aliphatic heterocycles. The minimum absolute atomic E-state index is 0.117. The number of hydrogen-bond donors (Lipinski definition) is 1. The maximum atomic E-state index is 13.8. The molecule has 0 unspecified atom stereocenters. The number of anilines is 1. The van der Waals surface area contributed by atoms with Crippen LogP contribution in [-0.4, -0.2) is 36.9 Å². The number of carbonyl (C=O) groups is 2. The Bertz CT molecular complexity index is 905. The van der Waals surface area contributed by atoms with Gasteiger partial charge in [-0.2, -0.15) is 0 Å². The molecule has 7 heteroatoms. The molecule has 1 N–H and O–H groups in total. The van der Waals surface area contributed by atoms with E-state index in [1.165, 1.54) is 24.1 Å². The standard InChI is InChI=1S/C21H23FN2O3S/c1-27-17-6-5-15(12-16(17)22)23-20(25)13-4-7-18-14(10-13)11-19(28-18)21(26)24-8-2-3-9-24/h5-6,11-13H,2-4,7-10H2,1H3,(H,23,25)/t13-/m0/s1. The Hall–Kier alpha value is -2.41. The number of amides is 2. The second-order valence-electron chi connectivity index (χ2n) is 7.34. The summed E-state index contributed by atoms with van der Waals surface area (Å²) in [6.07, 6.45) is 4.29. The summed E-state index contributed by atoms with van der Waals surface area (Å²) >= 11 is 1.57. The maximum absolute atomic E-state index is 13.8. The smallest absolute Gasteiger partial charge is 0.263 e. The van der Waals surface area contributed by atoms with Gasteiger partial charge in [0.05, 0.1) is 12.0 Å². The van der Waals surface area contributed by atoms with Gasteiger partial charge < -0.3 is 15.0 Å². The number of methoxy groups -OCH3 is 1. The van der Waals surface area contributed by atoms with E-state index in [4.69, 9.17) is 4.74 Å². The number of hydrogen-bond acceptors (Lipinski definition) is 4. The third kappa shape index (κ3) is 3.76. The summed E-state index contributed by atoms with van der Waals surface area (Å²) in [4.78, 5) is 29.2. The summed E-state index contributed by atoms with van der Waals surface area (Å²) in [5, 5.41) is 2.80. The topological polar surface area (TPSA) is 58.6 Å². The van der Waals surface area contributed by atoms with Crippen LogP contribution in [0.4, 0.5) is 10.1 Å². The quantitative estimate of drug-likeness (QED) is 0.845. The number of thiophene rings is 1. The Kier molecular flexibility index (Phi) is 5.35. The van der Waals surface area contributed by atoms with Crippen molar-refractivity contribution in [2.24, 2.45) is 5.92 Å². The molecule has 2 aliphatic rings. The van der Waals surface area contributed by atoms with E-state index in [1.807, 2.05) is 11.0 Å². The Labute approximate surface area is 167 Å². The van der Waals surface area contributed by atoms with Crippen LogP contribution < -0.4 is 10.1 Å². The first-order valence-corrected chi connectivity index (χ1v) is 10.4. The lowest BCUT2D eigenvalue weighted by Crippen LogP contribution is -2.27. The zero-order valence-electron chi connectivity index (χ0n) is 15.8. The zero-order chi connectivity index (χ0) is 19.7. The first-order chi connectivity index (χ1) is 13.5. The Morgan fingerprint density at radius 2 is 2.04 bits per heavy atom. The van der Waals surface area contributed by atoms with Crippen molar-refractivity contribution in [1.82, 2.24) is 4.90 Å². The van der Waals surface area contributed by atoms with Crippen LogP contribution in [0.3, 0.4) is 0 Å². The van der Waals surface area contributed by atoms with Crippen molar-refractivity contribution in [3.63, 3.8) is 0 Å². The van der Waals surface area contributed by atoms with Gasteiger partial charge in [0.2, 0.25) is 5.91 Å². The molecule has 4 rings (SSSR count). The van der Waals surface area contributed by atoms with Gasteiger partial charge in [-0.05, 0) is 55.9 Å². The monoisotopic (exact) mass is 402 g/mol. The Morgan fingerprint density at radius 3 is 2.75 bits per heavy atom.